The third-order valence-electron chi connectivity index (χ3n) is 5.10. The minimum atomic E-state index is -0.158. The average molecular weight is 258 g/mol. The van der Waals surface area contributed by atoms with Gasteiger partial charge in [0.15, 0.2) is 0 Å². The maximum absolute atomic E-state index is 6.18. The molecule has 0 heterocycles. The highest BCUT2D eigenvalue weighted by Crippen LogP contribution is 2.47. The van der Waals surface area contributed by atoms with E-state index < -0.39 is 0 Å². The highest BCUT2D eigenvalue weighted by Gasteiger charge is 2.46. The fraction of sp³-hybridized carbons (Fsp3) is 1.00. The monoisotopic (exact) mass is 258 g/mol. The molecule has 2 heteroatoms. The van der Waals surface area contributed by atoms with Gasteiger partial charge in [0.1, 0.15) is 0 Å². The van der Waals surface area contributed by atoms with Gasteiger partial charge in [-0.05, 0) is 44.9 Å². The first-order chi connectivity index (χ1) is 7.77. The molecular formula is C16H34O2. The van der Waals surface area contributed by atoms with Gasteiger partial charge < -0.3 is 9.47 Å². The van der Waals surface area contributed by atoms with Crippen LogP contribution in [-0.2, 0) is 9.47 Å². The van der Waals surface area contributed by atoms with Crippen LogP contribution in [0.15, 0.2) is 0 Å². The number of hydrogen-bond acceptors (Lipinski definition) is 2. The lowest BCUT2D eigenvalue weighted by molar-refractivity contribution is -0.148. The molecule has 0 N–H and O–H groups in total. The van der Waals surface area contributed by atoms with Crippen LogP contribution in [0.4, 0.5) is 0 Å². The molecule has 0 unspecified atom stereocenters. The van der Waals surface area contributed by atoms with E-state index in [1.165, 1.54) is 0 Å². The summed E-state index contributed by atoms with van der Waals surface area (Å²) in [5.74, 6) is 0. The van der Waals surface area contributed by atoms with Crippen LogP contribution >= 0.6 is 0 Å². The standard InChI is InChI=1S/C16H34O2/c1-13(2,3)15(6,7)16(8,9)18-12-11-14(4,5)17-10/h11-12H2,1-10H3. The lowest BCUT2D eigenvalue weighted by Gasteiger charge is -2.50. The molecule has 0 aromatic heterocycles. The van der Waals surface area contributed by atoms with Gasteiger partial charge in [-0.1, -0.05) is 34.6 Å². The van der Waals surface area contributed by atoms with Gasteiger partial charge in [-0.3, -0.25) is 0 Å². The molecule has 0 aliphatic heterocycles. The van der Waals surface area contributed by atoms with Crippen molar-refractivity contribution in [1.29, 1.82) is 0 Å². The van der Waals surface area contributed by atoms with Crippen LogP contribution < -0.4 is 0 Å². The molecular weight excluding hydrogens is 224 g/mol. The molecule has 110 valence electrons. The Balaban J connectivity index is 4.59. The molecule has 0 saturated carbocycles. The SMILES string of the molecule is COC(C)(C)CCOC(C)(C)C(C)(C)C(C)(C)C. The first-order valence-corrected chi connectivity index (χ1v) is 6.96. The second kappa shape index (κ2) is 5.50. The summed E-state index contributed by atoms with van der Waals surface area (Å²) in [7, 11) is 1.75. The van der Waals surface area contributed by atoms with Crippen LogP contribution in [0.25, 0.3) is 0 Å². The number of hydrogen-bond donors (Lipinski definition) is 0. The second-order valence-corrected chi connectivity index (χ2v) is 7.95. The molecule has 0 spiro atoms. The average Bonchev–Trinajstić information content (AvgIpc) is 2.15. The Morgan fingerprint density at radius 2 is 1.22 bits per heavy atom. The van der Waals surface area contributed by atoms with Crippen molar-refractivity contribution in [3.05, 3.63) is 0 Å². The topological polar surface area (TPSA) is 18.5 Å². The van der Waals surface area contributed by atoms with Gasteiger partial charge in [0.05, 0.1) is 17.8 Å². The van der Waals surface area contributed by atoms with Crippen LogP contribution in [0.1, 0.15) is 68.7 Å². The van der Waals surface area contributed by atoms with Crippen molar-refractivity contribution < 1.29 is 9.47 Å². The molecule has 0 aromatic rings. The first kappa shape index (κ1) is 17.9. The summed E-state index contributed by atoms with van der Waals surface area (Å²) in [5, 5.41) is 0. The van der Waals surface area contributed by atoms with Gasteiger partial charge in [-0.2, -0.15) is 0 Å². The normalized spacial score (nSPS) is 15.0. The Bertz CT molecular complexity index is 257. The highest BCUT2D eigenvalue weighted by atomic mass is 16.5. The molecule has 0 fully saturated rings. The molecule has 0 bridgehead atoms. The van der Waals surface area contributed by atoms with Gasteiger partial charge in [-0.25, -0.2) is 0 Å². The Kier molecular flexibility index (Phi) is 5.48. The van der Waals surface area contributed by atoms with Crippen LogP contribution in [0.2, 0.25) is 0 Å². The van der Waals surface area contributed by atoms with Crippen LogP contribution in [0, 0.1) is 10.8 Å². The zero-order chi connectivity index (χ0) is 14.8. The molecule has 2 nitrogen and oxygen atoms in total. The number of rotatable bonds is 6. The summed E-state index contributed by atoms with van der Waals surface area (Å²) in [6, 6.07) is 0. The van der Waals surface area contributed by atoms with E-state index in [1.807, 2.05) is 0 Å². The van der Waals surface area contributed by atoms with E-state index in [2.05, 4.69) is 62.3 Å². The zero-order valence-corrected chi connectivity index (χ0v) is 14.2. The van der Waals surface area contributed by atoms with Crippen LogP contribution in [-0.4, -0.2) is 24.9 Å². The quantitative estimate of drug-likeness (QED) is 0.689. The van der Waals surface area contributed by atoms with E-state index in [4.69, 9.17) is 9.47 Å². The van der Waals surface area contributed by atoms with E-state index in [0.29, 0.717) is 0 Å². The van der Waals surface area contributed by atoms with Gasteiger partial charge in [0.25, 0.3) is 0 Å². The van der Waals surface area contributed by atoms with E-state index >= 15 is 0 Å². The van der Waals surface area contributed by atoms with Crippen molar-refractivity contribution >= 4 is 0 Å². The minimum Gasteiger partial charge on any atom is -0.379 e. The van der Waals surface area contributed by atoms with Gasteiger partial charge in [-0.15, -0.1) is 0 Å². The molecule has 0 amide bonds. The fourth-order valence-corrected chi connectivity index (χ4v) is 1.74. The van der Waals surface area contributed by atoms with E-state index in [0.717, 1.165) is 13.0 Å². The van der Waals surface area contributed by atoms with Crippen molar-refractivity contribution in [3.8, 4) is 0 Å². The Labute approximate surface area is 114 Å². The third kappa shape index (κ3) is 4.24. The lowest BCUT2D eigenvalue weighted by Crippen LogP contribution is -2.50. The van der Waals surface area contributed by atoms with Crippen molar-refractivity contribution in [2.24, 2.45) is 10.8 Å². The molecule has 0 aromatic carbocycles. The third-order valence-corrected chi connectivity index (χ3v) is 5.10. The Hall–Kier alpha value is -0.0800. The molecule has 0 aliphatic carbocycles. The molecule has 18 heavy (non-hydrogen) atoms. The summed E-state index contributed by atoms with van der Waals surface area (Å²) in [6.45, 7) is 20.7. The van der Waals surface area contributed by atoms with E-state index in [9.17, 15) is 0 Å². The second-order valence-electron chi connectivity index (χ2n) is 7.95. The summed E-state index contributed by atoms with van der Waals surface area (Å²) < 4.78 is 11.6. The predicted octanol–water partition coefficient (Wildman–Crippen LogP) is 4.67. The van der Waals surface area contributed by atoms with E-state index in [-0.39, 0.29) is 22.0 Å². The molecule has 0 atom stereocenters. The molecule has 0 aliphatic rings. The largest absolute Gasteiger partial charge is 0.379 e. The van der Waals surface area contributed by atoms with Gasteiger partial charge >= 0.3 is 0 Å². The minimum absolute atomic E-state index is 0.0945. The van der Waals surface area contributed by atoms with Crippen LogP contribution in [0.3, 0.4) is 0 Å². The molecule has 0 saturated heterocycles. The Morgan fingerprint density at radius 3 is 1.56 bits per heavy atom. The summed E-state index contributed by atoms with van der Waals surface area (Å²) >= 11 is 0. The predicted molar refractivity (Wildman–Crippen MR) is 79.0 cm³/mol. The summed E-state index contributed by atoms with van der Waals surface area (Å²) in [4.78, 5) is 0. The number of methoxy groups -OCH3 is 1. The smallest absolute Gasteiger partial charge is 0.0682 e. The van der Waals surface area contributed by atoms with Gasteiger partial charge in [0, 0.05) is 7.11 Å². The van der Waals surface area contributed by atoms with Gasteiger partial charge in [0.2, 0.25) is 0 Å². The lowest BCUT2D eigenvalue weighted by atomic mass is 9.61. The Morgan fingerprint density at radius 1 is 0.778 bits per heavy atom. The van der Waals surface area contributed by atoms with Crippen molar-refractivity contribution in [2.75, 3.05) is 13.7 Å². The van der Waals surface area contributed by atoms with Crippen molar-refractivity contribution in [1.82, 2.24) is 0 Å². The van der Waals surface area contributed by atoms with Crippen molar-refractivity contribution in [3.63, 3.8) is 0 Å². The zero-order valence-electron chi connectivity index (χ0n) is 14.2. The molecule has 0 rings (SSSR count). The molecule has 0 radical (unpaired) electrons. The van der Waals surface area contributed by atoms with Crippen molar-refractivity contribution in [2.45, 2.75) is 79.9 Å². The number of ether oxygens (including phenoxy) is 2. The first-order valence-electron chi connectivity index (χ1n) is 6.96. The summed E-state index contributed by atoms with van der Waals surface area (Å²) in [6.07, 6.45) is 0.910. The highest BCUT2D eigenvalue weighted by molar-refractivity contribution is 4.95. The van der Waals surface area contributed by atoms with E-state index in [1.54, 1.807) is 7.11 Å². The summed E-state index contributed by atoms with van der Waals surface area (Å²) in [5.41, 5.74) is 0.0293. The maximum Gasteiger partial charge on any atom is 0.0682 e. The maximum atomic E-state index is 6.18. The van der Waals surface area contributed by atoms with Crippen LogP contribution in [0.5, 0.6) is 0 Å². The fourth-order valence-electron chi connectivity index (χ4n) is 1.74.